The van der Waals surface area contributed by atoms with Crippen molar-refractivity contribution >= 4 is 29.5 Å². The minimum Gasteiger partial charge on any atom is -0.497 e. The second-order valence-corrected chi connectivity index (χ2v) is 9.93. The van der Waals surface area contributed by atoms with E-state index in [0.29, 0.717) is 23.4 Å². The van der Waals surface area contributed by atoms with Gasteiger partial charge in [-0.1, -0.05) is 36.8 Å². The molecule has 38 heavy (non-hydrogen) atoms. The van der Waals surface area contributed by atoms with Crippen molar-refractivity contribution in [3.8, 4) is 5.75 Å². The Morgan fingerprint density at radius 2 is 1.61 bits per heavy atom. The third-order valence-electron chi connectivity index (χ3n) is 5.45. The van der Waals surface area contributed by atoms with Crippen LogP contribution in [0.5, 0.6) is 5.75 Å². The van der Waals surface area contributed by atoms with Gasteiger partial charge in [0, 0.05) is 12.2 Å². The fourth-order valence-corrected chi connectivity index (χ4v) is 3.77. The normalized spacial score (nSPS) is 12.6. The van der Waals surface area contributed by atoms with Crippen molar-refractivity contribution in [2.45, 2.75) is 65.1 Å². The van der Waals surface area contributed by atoms with E-state index >= 15 is 0 Å². The van der Waals surface area contributed by atoms with Crippen LogP contribution in [0.3, 0.4) is 0 Å². The van der Waals surface area contributed by atoms with Gasteiger partial charge in [-0.3, -0.25) is 14.4 Å². The summed E-state index contributed by atoms with van der Waals surface area (Å²) in [5.41, 5.74) is 6.64. The Labute approximate surface area is 223 Å². The van der Waals surface area contributed by atoms with E-state index in [1.807, 2.05) is 26.0 Å². The maximum Gasteiger partial charge on any atom is 0.408 e. The van der Waals surface area contributed by atoms with Crippen LogP contribution < -0.4 is 21.1 Å². The molecular weight excluding hydrogens is 488 g/mol. The molecule has 0 aliphatic heterocycles. The molecule has 0 saturated carbocycles. The molecule has 2 aromatic carbocycles. The lowest BCUT2D eigenvalue weighted by Crippen LogP contribution is -2.53. The van der Waals surface area contributed by atoms with Gasteiger partial charge in [0.2, 0.25) is 11.8 Å². The van der Waals surface area contributed by atoms with Crippen LogP contribution in [0, 0.1) is 6.92 Å². The van der Waals surface area contributed by atoms with Gasteiger partial charge in [-0.25, -0.2) is 4.79 Å². The van der Waals surface area contributed by atoms with Crippen molar-refractivity contribution in [1.29, 1.82) is 0 Å². The SMILES string of the molecule is CCCN(C(=O)C(CC(N)=O)NC(=O)OC(C)(C)C)C(C(=O)Nc1ccc(OC)cc1)c1ccc(C)cc1. The molecule has 2 atom stereocenters. The molecule has 0 aromatic heterocycles. The average molecular weight is 527 g/mol. The van der Waals surface area contributed by atoms with Crippen molar-refractivity contribution < 1.29 is 28.7 Å². The Kier molecular flexibility index (Phi) is 10.7. The molecule has 2 unspecified atom stereocenters. The third kappa shape index (κ3) is 9.10. The van der Waals surface area contributed by atoms with Gasteiger partial charge in [0.15, 0.2) is 0 Å². The predicted octanol–water partition coefficient (Wildman–Crippen LogP) is 3.69. The molecule has 4 amide bonds. The molecule has 0 fully saturated rings. The number of aryl methyl sites for hydroxylation is 1. The predicted molar refractivity (Wildman–Crippen MR) is 145 cm³/mol. The second-order valence-electron chi connectivity index (χ2n) is 9.93. The summed E-state index contributed by atoms with van der Waals surface area (Å²) in [7, 11) is 1.54. The van der Waals surface area contributed by atoms with E-state index in [1.54, 1.807) is 64.3 Å². The van der Waals surface area contributed by atoms with Crippen molar-refractivity contribution in [2.75, 3.05) is 19.0 Å². The highest BCUT2D eigenvalue weighted by molar-refractivity contribution is 5.99. The summed E-state index contributed by atoms with van der Waals surface area (Å²) in [5.74, 6) is -1.25. The molecule has 0 aliphatic rings. The lowest BCUT2D eigenvalue weighted by molar-refractivity contribution is -0.141. The van der Waals surface area contributed by atoms with Gasteiger partial charge >= 0.3 is 6.09 Å². The Balaban J connectivity index is 2.47. The maximum absolute atomic E-state index is 13.8. The van der Waals surface area contributed by atoms with Crippen LogP contribution in [-0.2, 0) is 19.1 Å². The first-order valence-electron chi connectivity index (χ1n) is 12.4. The Morgan fingerprint density at radius 3 is 2.11 bits per heavy atom. The molecule has 0 bridgehead atoms. The molecule has 10 heteroatoms. The fraction of sp³-hybridized carbons (Fsp3) is 0.429. The number of nitrogens with zero attached hydrogens (tertiary/aromatic N) is 1. The summed E-state index contributed by atoms with van der Waals surface area (Å²) >= 11 is 0. The molecule has 0 radical (unpaired) electrons. The molecule has 10 nitrogen and oxygen atoms in total. The molecule has 2 rings (SSSR count). The zero-order valence-electron chi connectivity index (χ0n) is 22.9. The van der Waals surface area contributed by atoms with Gasteiger partial charge in [-0.15, -0.1) is 0 Å². The quantitative estimate of drug-likeness (QED) is 0.408. The number of nitrogens with one attached hydrogen (secondary N) is 2. The van der Waals surface area contributed by atoms with Crippen molar-refractivity contribution in [3.63, 3.8) is 0 Å². The Hall–Kier alpha value is -4.08. The number of benzene rings is 2. The van der Waals surface area contributed by atoms with Crippen molar-refractivity contribution in [3.05, 3.63) is 59.7 Å². The van der Waals surface area contributed by atoms with E-state index < -0.39 is 47.9 Å². The van der Waals surface area contributed by atoms with Crippen LogP contribution in [0.4, 0.5) is 10.5 Å². The van der Waals surface area contributed by atoms with Crippen LogP contribution in [0.1, 0.15) is 57.7 Å². The van der Waals surface area contributed by atoms with Gasteiger partial charge in [0.05, 0.1) is 13.5 Å². The summed E-state index contributed by atoms with van der Waals surface area (Å²) in [4.78, 5) is 53.2. The van der Waals surface area contributed by atoms with Crippen LogP contribution in [0.15, 0.2) is 48.5 Å². The molecule has 0 saturated heterocycles. The molecule has 0 aliphatic carbocycles. The van der Waals surface area contributed by atoms with Gasteiger partial charge < -0.3 is 30.7 Å². The van der Waals surface area contributed by atoms with E-state index in [-0.39, 0.29) is 6.54 Å². The monoisotopic (exact) mass is 526 g/mol. The first-order chi connectivity index (χ1) is 17.8. The number of carbonyl (C=O) groups excluding carboxylic acids is 4. The number of nitrogens with two attached hydrogens (primary N) is 1. The molecular formula is C28H38N4O6. The number of alkyl carbamates (subject to hydrolysis) is 1. The number of ether oxygens (including phenoxy) is 2. The first-order valence-corrected chi connectivity index (χ1v) is 12.4. The summed E-state index contributed by atoms with van der Waals surface area (Å²) < 4.78 is 10.5. The number of hydrogen-bond donors (Lipinski definition) is 3. The molecule has 4 N–H and O–H groups in total. The van der Waals surface area contributed by atoms with E-state index in [0.717, 1.165) is 5.56 Å². The number of hydrogen-bond acceptors (Lipinski definition) is 6. The first kappa shape index (κ1) is 30.1. The lowest BCUT2D eigenvalue weighted by atomic mass is 10.0. The number of rotatable bonds is 11. The van der Waals surface area contributed by atoms with Gasteiger partial charge in [-0.2, -0.15) is 0 Å². The number of primary amides is 1. The van der Waals surface area contributed by atoms with E-state index in [2.05, 4.69) is 10.6 Å². The van der Waals surface area contributed by atoms with E-state index in [1.165, 1.54) is 4.90 Å². The highest BCUT2D eigenvalue weighted by atomic mass is 16.6. The van der Waals surface area contributed by atoms with Gasteiger partial charge in [0.1, 0.15) is 23.4 Å². The average Bonchev–Trinajstić information content (AvgIpc) is 2.83. The zero-order chi connectivity index (χ0) is 28.5. The molecule has 0 heterocycles. The van der Waals surface area contributed by atoms with Crippen molar-refractivity contribution in [1.82, 2.24) is 10.2 Å². The highest BCUT2D eigenvalue weighted by Gasteiger charge is 2.36. The number of carbonyl (C=O) groups is 4. The van der Waals surface area contributed by atoms with Crippen LogP contribution >= 0.6 is 0 Å². The van der Waals surface area contributed by atoms with Crippen LogP contribution in [0.2, 0.25) is 0 Å². The Morgan fingerprint density at radius 1 is 1.00 bits per heavy atom. The maximum atomic E-state index is 13.8. The number of methoxy groups -OCH3 is 1. The van der Waals surface area contributed by atoms with Crippen molar-refractivity contribution in [2.24, 2.45) is 5.73 Å². The number of amides is 4. The third-order valence-corrected chi connectivity index (χ3v) is 5.45. The van der Waals surface area contributed by atoms with Crippen LogP contribution in [-0.4, -0.2) is 54.0 Å². The highest BCUT2D eigenvalue weighted by Crippen LogP contribution is 2.26. The van der Waals surface area contributed by atoms with Gasteiger partial charge in [0.25, 0.3) is 5.91 Å². The largest absolute Gasteiger partial charge is 0.497 e. The topological polar surface area (TPSA) is 140 Å². The Bertz CT molecular complexity index is 1110. The summed E-state index contributed by atoms with van der Waals surface area (Å²) in [6.07, 6.45) is -0.818. The fourth-order valence-electron chi connectivity index (χ4n) is 3.77. The zero-order valence-corrected chi connectivity index (χ0v) is 22.9. The smallest absolute Gasteiger partial charge is 0.408 e. The minimum absolute atomic E-state index is 0.179. The summed E-state index contributed by atoms with van der Waals surface area (Å²) in [6, 6.07) is 11.6. The van der Waals surface area contributed by atoms with Gasteiger partial charge in [-0.05, 0) is 63.9 Å². The lowest BCUT2D eigenvalue weighted by Gasteiger charge is -2.34. The van der Waals surface area contributed by atoms with E-state index in [4.69, 9.17) is 15.2 Å². The molecule has 206 valence electrons. The minimum atomic E-state index is -1.32. The second kappa shape index (κ2) is 13.5. The summed E-state index contributed by atoms with van der Waals surface area (Å²) in [5, 5.41) is 5.32. The number of anilines is 1. The standard InChI is InChI=1S/C28H38N4O6/c1-7-16-32(26(35)22(17-23(29)33)31-27(36)38-28(3,4)5)24(19-10-8-18(2)9-11-19)25(34)30-20-12-14-21(37-6)15-13-20/h8-15,22,24H,7,16-17H2,1-6H3,(H2,29,33)(H,30,34)(H,31,36). The molecule has 0 spiro atoms. The summed E-state index contributed by atoms with van der Waals surface area (Å²) in [6.45, 7) is 8.99. The molecule has 2 aromatic rings. The van der Waals surface area contributed by atoms with E-state index in [9.17, 15) is 19.2 Å². The van der Waals surface area contributed by atoms with Crippen LogP contribution in [0.25, 0.3) is 0 Å².